The van der Waals surface area contributed by atoms with Gasteiger partial charge in [0.05, 0.1) is 10.5 Å². The van der Waals surface area contributed by atoms with E-state index in [0.717, 1.165) is 11.1 Å². The monoisotopic (exact) mass is 489 g/mol. The molecule has 0 spiro atoms. The van der Waals surface area contributed by atoms with Gasteiger partial charge >= 0.3 is 10.1 Å². The fraction of sp³-hybridized carbons (Fsp3) is 0.0870. The van der Waals surface area contributed by atoms with Crippen LogP contribution in [0.15, 0.2) is 88.8 Å². The van der Waals surface area contributed by atoms with Gasteiger partial charge < -0.3 is 4.18 Å². The first-order chi connectivity index (χ1) is 15.5. The average Bonchev–Trinajstić information content (AvgIpc) is 2.78. The molecule has 0 aliphatic carbocycles. The minimum atomic E-state index is -4.29. The number of nitrogens with one attached hydrogen (secondary N) is 1. The van der Waals surface area contributed by atoms with Crippen molar-refractivity contribution in [2.24, 2.45) is 0 Å². The lowest BCUT2D eigenvalue weighted by Crippen LogP contribution is -2.31. The molecule has 172 valence electrons. The van der Waals surface area contributed by atoms with Gasteiger partial charge in [0.25, 0.3) is 15.9 Å². The average molecular weight is 490 g/mol. The van der Waals surface area contributed by atoms with Crippen LogP contribution in [0.1, 0.15) is 27.0 Å². The first kappa shape index (κ1) is 24.1. The summed E-state index contributed by atoms with van der Waals surface area (Å²) in [5.74, 6) is -2.26. The highest BCUT2D eigenvalue weighted by molar-refractivity contribution is 7.90. The first-order valence-electron chi connectivity index (χ1n) is 9.58. The molecule has 3 aromatic carbocycles. The molecule has 10 heteroatoms. The maximum Gasteiger partial charge on any atom is 0.338 e. The molecule has 3 aromatic rings. The molecule has 0 saturated heterocycles. The van der Waals surface area contributed by atoms with Crippen LogP contribution in [0.5, 0.6) is 0 Å². The Morgan fingerprint density at radius 3 is 1.82 bits per heavy atom. The van der Waals surface area contributed by atoms with Gasteiger partial charge in [-0.2, -0.15) is 8.42 Å². The summed E-state index contributed by atoms with van der Waals surface area (Å²) in [6.07, 6.45) is 0.357. The summed E-state index contributed by atoms with van der Waals surface area (Å²) >= 11 is 0. The van der Waals surface area contributed by atoms with Crippen molar-refractivity contribution >= 4 is 31.9 Å². The van der Waals surface area contributed by atoms with Crippen LogP contribution in [-0.4, -0.2) is 22.7 Å². The van der Waals surface area contributed by atoms with Gasteiger partial charge in [-0.3, -0.25) is 4.79 Å². The molecule has 0 aromatic heterocycles. The third kappa shape index (κ3) is 5.85. The maximum atomic E-state index is 14.8. The first-order valence-corrected chi connectivity index (χ1v) is 12.5. The van der Waals surface area contributed by atoms with E-state index in [9.17, 15) is 26.0 Å². The van der Waals surface area contributed by atoms with Crippen molar-refractivity contribution in [3.63, 3.8) is 0 Å². The Bertz CT molecular complexity index is 1410. The van der Waals surface area contributed by atoms with E-state index in [-0.39, 0.29) is 20.9 Å². The standard InChI is InChI=1S/C23H20FNO6S2/c1-16-7-11-18(12-8-16)32(27,28)25-23(26)21-6-4-3-5-20(21)22(24)15-31-33(29,30)19-13-9-17(2)10-14-19/h3-15H,1-2H3,(H,25,26)/b22-15-. The van der Waals surface area contributed by atoms with Crippen molar-refractivity contribution in [3.8, 4) is 0 Å². The summed E-state index contributed by atoms with van der Waals surface area (Å²) in [5, 5.41) is 0. The van der Waals surface area contributed by atoms with Gasteiger partial charge in [0.1, 0.15) is 11.2 Å². The summed E-state index contributed by atoms with van der Waals surface area (Å²) in [6.45, 7) is 3.55. The van der Waals surface area contributed by atoms with Crippen molar-refractivity contribution in [1.82, 2.24) is 4.72 Å². The van der Waals surface area contributed by atoms with E-state index in [1.807, 2.05) is 4.72 Å². The maximum absolute atomic E-state index is 14.8. The van der Waals surface area contributed by atoms with Crippen LogP contribution in [0, 0.1) is 13.8 Å². The molecule has 0 fully saturated rings. The van der Waals surface area contributed by atoms with E-state index in [0.29, 0.717) is 6.26 Å². The van der Waals surface area contributed by atoms with Gasteiger partial charge in [-0.1, -0.05) is 53.6 Å². The smallest absolute Gasteiger partial charge is 0.338 e. The number of sulfonamides is 1. The number of halogens is 1. The van der Waals surface area contributed by atoms with Crippen molar-refractivity contribution in [3.05, 3.63) is 101 Å². The number of hydrogen-bond donors (Lipinski definition) is 1. The van der Waals surface area contributed by atoms with E-state index >= 15 is 0 Å². The number of carbonyl (C=O) groups is 1. The van der Waals surface area contributed by atoms with Crippen molar-refractivity contribution in [1.29, 1.82) is 0 Å². The minimum absolute atomic E-state index is 0.137. The molecule has 33 heavy (non-hydrogen) atoms. The molecule has 1 amide bonds. The van der Waals surface area contributed by atoms with E-state index in [4.69, 9.17) is 0 Å². The fourth-order valence-corrected chi connectivity index (χ4v) is 4.53. The second-order valence-corrected chi connectivity index (χ2v) is 10.4. The van der Waals surface area contributed by atoms with Gasteiger partial charge in [-0.25, -0.2) is 17.5 Å². The lowest BCUT2D eigenvalue weighted by Gasteiger charge is -2.10. The van der Waals surface area contributed by atoms with Gasteiger partial charge in [0.15, 0.2) is 5.83 Å². The molecule has 0 aliphatic rings. The summed E-state index contributed by atoms with van der Waals surface area (Å²) in [4.78, 5) is 12.3. The quantitative estimate of drug-likeness (QED) is 0.396. The molecule has 0 aliphatic heterocycles. The van der Waals surface area contributed by atoms with Crippen LogP contribution < -0.4 is 4.72 Å². The zero-order valence-corrected chi connectivity index (χ0v) is 19.3. The van der Waals surface area contributed by atoms with Crippen molar-refractivity contribution in [2.75, 3.05) is 0 Å². The third-order valence-electron chi connectivity index (χ3n) is 4.58. The number of rotatable bonds is 7. The zero-order chi connectivity index (χ0) is 24.2. The molecular weight excluding hydrogens is 469 g/mol. The normalized spacial score (nSPS) is 12.3. The Labute approximate surface area is 191 Å². The van der Waals surface area contributed by atoms with Crippen LogP contribution in [-0.2, 0) is 24.3 Å². The van der Waals surface area contributed by atoms with E-state index in [1.165, 1.54) is 48.5 Å². The molecule has 3 rings (SSSR count). The predicted molar refractivity (Wildman–Crippen MR) is 121 cm³/mol. The van der Waals surface area contributed by atoms with Gasteiger partial charge in [-0.05, 0) is 44.2 Å². The van der Waals surface area contributed by atoms with E-state index in [2.05, 4.69) is 4.18 Å². The van der Waals surface area contributed by atoms with Crippen molar-refractivity contribution in [2.45, 2.75) is 23.6 Å². The molecule has 0 saturated carbocycles. The Morgan fingerprint density at radius 1 is 0.788 bits per heavy atom. The van der Waals surface area contributed by atoms with Gasteiger partial charge in [-0.15, -0.1) is 0 Å². The Balaban J connectivity index is 1.85. The number of hydrogen-bond acceptors (Lipinski definition) is 6. The molecule has 0 atom stereocenters. The number of carbonyl (C=O) groups excluding carboxylic acids is 1. The zero-order valence-electron chi connectivity index (χ0n) is 17.6. The summed E-state index contributed by atoms with van der Waals surface area (Å²) in [6, 6.07) is 16.8. The van der Waals surface area contributed by atoms with E-state index in [1.54, 1.807) is 38.1 Å². The van der Waals surface area contributed by atoms with Crippen LogP contribution in [0.3, 0.4) is 0 Å². The molecular formula is C23H20FNO6S2. The molecule has 0 bridgehead atoms. The van der Waals surface area contributed by atoms with Crippen LogP contribution in [0.25, 0.3) is 5.83 Å². The molecule has 0 unspecified atom stereocenters. The van der Waals surface area contributed by atoms with E-state index < -0.39 is 31.9 Å². The second kappa shape index (κ2) is 9.55. The molecule has 0 heterocycles. The number of benzene rings is 3. The number of amides is 1. The van der Waals surface area contributed by atoms with Gasteiger partial charge in [0.2, 0.25) is 0 Å². The predicted octanol–water partition coefficient (Wildman–Crippen LogP) is 4.10. The summed E-state index contributed by atoms with van der Waals surface area (Å²) < 4.78 is 70.9. The highest BCUT2D eigenvalue weighted by Gasteiger charge is 2.22. The topological polar surface area (TPSA) is 107 Å². The molecule has 0 radical (unpaired) electrons. The highest BCUT2D eigenvalue weighted by Crippen LogP contribution is 2.23. The highest BCUT2D eigenvalue weighted by atomic mass is 32.2. The SMILES string of the molecule is Cc1ccc(S(=O)(=O)NC(=O)c2ccccc2/C(F)=C/OS(=O)(=O)c2ccc(C)cc2)cc1. The minimum Gasteiger partial charge on any atom is -0.384 e. The molecule has 1 N–H and O–H groups in total. The van der Waals surface area contributed by atoms with Crippen LogP contribution in [0.2, 0.25) is 0 Å². The number of aryl methyl sites for hydroxylation is 2. The second-order valence-electron chi connectivity index (χ2n) is 7.12. The Morgan fingerprint density at radius 2 is 1.27 bits per heavy atom. The van der Waals surface area contributed by atoms with Gasteiger partial charge in [0, 0.05) is 5.56 Å². The summed E-state index contributed by atoms with van der Waals surface area (Å²) in [7, 11) is -8.50. The Hall–Kier alpha value is -3.50. The lowest BCUT2D eigenvalue weighted by molar-refractivity contribution is 0.0981. The third-order valence-corrected chi connectivity index (χ3v) is 7.12. The summed E-state index contributed by atoms with van der Waals surface area (Å²) in [5.41, 5.74) is 1.00. The van der Waals surface area contributed by atoms with Crippen molar-refractivity contribution < 1.29 is 30.2 Å². The van der Waals surface area contributed by atoms with Crippen LogP contribution in [0.4, 0.5) is 4.39 Å². The fourth-order valence-electron chi connectivity index (χ4n) is 2.77. The largest absolute Gasteiger partial charge is 0.384 e. The lowest BCUT2D eigenvalue weighted by atomic mass is 10.1. The Kier molecular flexibility index (Phi) is 6.99. The molecule has 7 nitrogen and oxygen atoms in total. The van der Waals surface area contributed by atoms with Crippen LogP contribution >= 0.6 is 0 Å².